The number of benzene rings is 1. The highest BCUT2D eigenvalue weighted by Crippen LogP contribution is 2.23. The highest BCUT2D eigenvalue weighted by atomic mass is 16.4. The smallest absolute Gasteiger partial charge is 0.307 e. The Labute approximate surface area is 117 Å². The van der Waals surface area contributed by atoms with Gasteiger partial charge in [0.15, 0.2) is 0 Å². The van der Waals surface area contributed by atoms with Crippen LogP contribution in [0.25, 0.3) is 11.1 Å². The number of carbonyl (C=O) groups is 1. The molecule has 1 aliphatic rings. The summed E-state index contributed by atoms with van der Waals surface area (Å²) in [5, 5.41) is 12.2. The summed E-state index contributed by atoms with van der Waals surface area (Å²) in [5.74, 6) is -0.810. The van der Waals surface area contributed by atoms with Crippen LogP contribution in [0, 0.1) is 0 Å². The van der Waals surface area contributed by atoms with E-state index in [2.05, 4.69) is 16.4 Å². The maximum atomic E-state index is 10.8. The van der Waals surface area contributed by atoms with E-state index >= 15 is 0 Å². The Kier molecular flexibility index (Phi) is 3.48. The molecule has 20 heavy (non-hydrogen) atoms. The summed E-state index contributed by atoms with van der Waals surface area (Å²) < 4.78 is 0. The summed E-state index contributed by atoms with van der Waals surface area (Å²) >= 11 is 0. The van der Waals surface area contributed by atoms with Crippen molar-refractivity contribution < 1.29 is 9.90 Å². The third kappa shape index (κ3) is 2.70. The molecular weight excluding hydrogens is 252 g/mol. The fourth-order valence-corrected chi connectivity index (χ4v) is 2.54. The number of hydrogen-bond donors (Lipinski definition) is 2. The molecule has 1 aromatic heterocycles. The molecule has 0 saturated carbocycles. The number of aliphatic carboxylic acids is 1. The molecule has 2 aromatic rings. The van der Waals surface area contributed by atoms with Crippen molar-refractivity contribution in [1.29, 1.82) is 0 Å². The predicted molar refractivity (Wildman–Crippen MR) is 76.4 cm³/mol. The highest BCUT2D eigenvalue weighted by Gasteiger charge is 2.11. The lowest BCUT2D eigenvalue weighted by molar-refractivity contribution is -0.136. The quantitative estimate of drug-likeness (QED) is 0.894. The van der Waals surface area contributed by atoms with Gasteiger partial charge >= 0.3 is 5.97 Å². The van der Waals surface area contributed by atoms with Crippen LogP contribution in [0.1, 0.15) is 16.8 Å². The normalized spacial score (nSPS) is 13.8. The number of nitrogens with zero attached hydrogens (tertiary/aromatic N) is 1. The molecule has 2 heterocycles. The maximum Gasteiger partial charge on any atom is 0.307 e. The van der Waals surface area contributed by atoms with Gasteiger partial charge in [0.05, 0.1) is 6.42 Å². The molecule has 0 spiro atoms. The van der Waals surface area contributed by atoms with Crippen molar-refractivity contribution >= 4 is 5.97 Å². The number of carboxylic acid groups (broad SMARTS) is 1. The van der Waals surface area contributed by atoms with Gasteiger partial charge in [0.2, 0.25) is 0 Å². The number of rotatable bonds is 3. The Balaban J connectivity index is 1.94. The first-order valence-electron chi connectivity index (χ1n) is 6.72. The van der Waals surface area contributed by atoms with Crippen molar-refractivity contribution in [2.45, 2.75) is 19.4 Å². The van der Waals surface area contributed by atoms with Gasteiger partial charge in [-0.15, -0.1) is 0 Å². The van der Waals surface area contributed by atoms with E-state index in [9.17, 15) is 4.79 Å². The molecule has 0 saturated heterocycles. The van der Waals surface area contributed by atoms with Crippen LogP contribution in [0.4, 0.5) is 0 Å². The van der Waals surface area contributed by atoms with Crippen molar-refractivity contribution in [2.24, 2.45) is 0 Å². The molecular formula is C16H16N2O2. The minimum Gasteiger partial charge on any atom is -0.481 e. The molecule has 0 fully saturated rings. The van der Waals surface area contributed by atoms with Crippen LogP contribution >= 0.6 is 0 Å². The van der Waals surface area contributed by atoms with Crippen LogP contribution in [0.2, 0.25) is 0 Å². The predicted octanol–water partition coefficient (Wildman–Crippen LogP) is 2.02. The summed E-state index contributed by atoms with van der Waals surface area (Å²) in [7, 11) is 0. The van der Waals surface area contributed by atoms with Gasteiger partial charge in [-0.25, -0.2) is 0 Å². The fraction of sp³-hybridized carbons (Fsp3) is 0.250. The molecule has 2 N–H and O–H groups in total. The number of nitrogens with one attached hydrogen (secondary N) is 1. The monoisotopic (exact) mass is 268 g/mol. The molecule has 4 nitrogen and oxygen atoms in total. The van der Waals surface area contributed by atoms with E-state index in [0.717, 1.165) is 41.9 Å². The van der Waals surface area contributed by atoms with Crippen molar-refractivity contribution in [3.63, 3.8) is 0 Å². The number of fused-ring (bicyclic) bond motifs is 1. The van der Waals surface area contributed by atoms with Gasteiger partial charge in [0.1, 0.15) is 0 Å². The fourth-order valence-electron chi connectivity index (χ4n) is 2.54. The second-order valence-electron chi connectivity index (χ2n) is 5.03. The van der Waals surface area contributed by atoms with Gasteiger partial charge < -0.3 is 10.4 Å². The van der Waals surface area contributed by atoms with Crippen molar-refractivity contribution in [3.05, 3.63) is 53.3 Å². The summed E-state index contributed by atoms with van der Waals surface area (Å²) in [6, 6.07) is 9.80. The topological polar surface area (TPSA) is 62.2 Å². The Bertz CT molecular complexity index is 653. The summed E-state index contributed by atoms with van der Waals surface area (Å²) in [6.07, 6.45) is 2.90. The van der Waals surface area contributed by atoms with Gasteiger partial charge in [0, 0.05) is 37.0 Å². The highest BCUT2D eigenvalue weighted by molar-refractivity contribution is 5.72. The molecule has 0 radical (unpaired) electrons. The lowest BCUT2D eigenvalue weighted by Crippen LogP contribution is -2.24. The summed E-state index contributed by atoms with van der Waals surface area (Å²) in [5.41, 5.74) is 5.27. The minimum atomic E-state index is -0.810. The Hall–Kier alpha value is -2.20. The second kappa shape index (κ2) is 5.43. The van der Waals surface area contributed by atoms with Crippen molar-refractivity contribution in [3.8, 4) is 11.1 Å². The lowest BCUT2D eigenvalue weighted by Gasteiger charge is -2.17. The van der Waals surface area contributed by atoms with Gasteiger partial charge in [-0.1, -0.05) is 24.3 Å². The molecule has 0 aliphatic carbocycles. The maximum absolute atomic E-state index is 10.8. The molecule has 1 aromatic carbocycles. The van der Waals surface area contributed by atoms with Crippen LogP contribution < -0.4 is 5.32 Å². The summed E-state index contributed by atoms with van der Waals surface area (Å²) in [6.45, 7) is 1.83. The number of pyridine rings is 1. The van der Waals surface area contributed by atoms with Crippen LogP contribution in [0.15, 0.2) is 36.5 Å². The standard InChI is InChI=1S/C16H16N2O2/c19-16(20)7-11-2-1-3-12(6-11)13-8-14-9-17-5-4-15(14)18-10-13/h1-3,6,8,10,17H,4-5,7,9H2,(H,19,20). The number of carboxylic acids is 1. The van der Waals surface area contributed by atoms with Crippen LogP contribution in [0.3, 0.4) is 0 Å². The van der Waals surface area contributed by atoms with Crippen LogP contribution in [-0.4, -0.2) is 22.6 Å². The molecule has 3 rings (SSSR count). The zero-order chi connectivity index (χ0) is 13.9. The zero-order valence-corrected chi connectivity index (χ0v) is 11.1. The lowest BCUT2D eigenvalue weighted by atomic mass is 9.99. The molecule has 0 unspecified atom stereocenters. The molecule has 0 amide bonds. The van der Waals surface area contributed by atoms with E-state index in [1.165, 1.54) is 5.56 Å². The Morgan fingerprint density at radius 2 is 2.20 bits per heavy atom. The molecule has 4 heteroatoms. The minimum absolute atomic E-state index is 0.0494. The van der Waals surface area contributed by atoms with E-state index in [-0.39, 0.29) is 6.42 Å². The van der Waals surface area contributed by atoms with E-state index < -0.39 is 5.97 Å². The van der Waals surface area contributed by atoms with E-state index in [0.29, 0.717) is 0 Å². The first-order valence-corrected chi connectivity index (χ1v) is 6.72. The first kappa shape index (κ1) is 12.8. The van der Waals surface area contributed by atoms with Crippen LogP contribution in [-0.2, 0) is 24.2 Å². The Morgan fingerprint density at radius 3 is 3.05 bits per heavy atom. The van der Waals surface area contributed by atoms with Crippen molar-refractivity contribution in [1.82, 2.24) is 10.3 Å². The number of aromatic nitrogens is 1. The number of hydrogen-bond acceptors (Lipinski definition) is 3. The second-order valence-corrected chi connectivity index (χ2v) is 5.03. The van der Waals surface area contributed by atoms with Gasteiger partial charge in [0.25, 0.3) is 0 Å². The molecule has 1 aliphatic heterocycles. The third-order valence-electron chi connectivity index (χ3n) is 3.53. The van der Waals surface area contributed by atoms with Gasteiger partial charge in [-0.3, -0.25) is 9.78 Å². The van der Waals surface area contributed by atoms with Gasteiger partial charge in [-0.05, 0) is 22.8 Å². The van der Waals surface area contributed by atoms with Crippen LogP contribution in [0.5, 0.6) is 0 Å². The van der Waals surface area contributed by atoms with Gasteiger partial charge in [-0.2, -0.15) is 0 Å². The van der Waals surface area contributed by atoms with Crippen molar-refractivity contribution in [2.75, 3.05) is 6.54 Å². The molecule has 0 atom stereocenters. The van der Waals surface area contributed by atoms with E-state index in [1.807, 2.05) is 30.5 Å². The molecule has 102 valence electrons. The SMILES string of the molecule is O=C(O)Cc1cccc(-c2cnc3c(c2)CNCC3)c1. The average Bonchev–Trinajstić information content (AvgIpc) is 2.46. The molecule has 0 bridgehead atoms. The third-order valence-corrected chi connectivity index (χ3v) is 3.53. The Morgan fingerprint density at radius 1 is 1.30 bits per heavy atom. The van der Waals surface area contributed by atoms with E-state index in [1.54, 1.807) is 0 Å². The largest absolute Gasteiger partial charge is 0.481 e. The van der Waals surface area contributed by atoms with E-state index in [4.69, 9.17) is 5.11 Å². The average molecular weight is 268 g/mol. The zero-order valence-electron chi connectivity index (χ0n) is 11.1. The first-order chi connectivity index (χ1) is 9.72. The summed E-state index contributed by atoms with van der Waals surface area (Å²) in [4.78, 5) is 15.3.